The van der Waals surface area contributed by atoms with Crippen LogP contribution in [0.2, 0.25) is 0 Å². The van der Waals surface area contributed by atoms with Crippen LogP contribution in [0, 0.1) is 20.8 Å². The third-order valence-corrected chi connectivity index (χ3v) is 10.4. The standard InChI is InChI=1S/C50H40N4/c1-5-6-34-13-21-38(22-14-34)50-45-29-27-43(53-45)48(36-17-9-32(3)10-18-36)41-25-23-39(51-41)47(35-15-7-31(2)8-16-35)40-24-26-42(52-40)49(44-28-30-46(50)54-44)37-19-11-33(4)12-20-37/h5,7-30,51,54H,1,6H2,2-4H3. The van der Waals surface area contributed by atoms with Crippen LogP contribution in [0.1, 0.15) is 45.0 Å². The Balaban J connectivity index is 1.45. The van der Waals surface area contributed by atoms with E-state index in [9.17, 15) is 0 Å². The number of aryl methyl sites for hydroxylation is 3. The second kappa shape index (κ2) is 13.6. The van der Waals surface area contributed by atoms with E-state index in [1.165, 1.54) is 22.3 Å². The first kappa shape index (κ1) is 33.1. The molecule has 9 rings (SSSR count). The van der Waals surface area contributed by atoms with E-state index in [1.807, 2.05) is 6.08 Å². The summed E-state index contributed by atoms with van der Waals surface area (Å²) in [5.74, 6) is 0. The van der Waals surface area contributed by atoms with Gasteiger partial charge in [-0.15, -0.1) is 6.58 Å². The van der Waals surface area contributed by atoms with Crippen LogP contribution < -0.4 is 0 Å². The Bertz CT molecular complexity index is 2750. The van der Waals surface area contributed by atoms with E-state index in [2.05, 4.69) is 183 Å². The zero-order chi connectivity index (χ0) is 36.8. The number of hydrogen-bond acceptors (Lipinski definition) is 2. The van der Waals surface area contributed by atoms with Crippen molar-refractivity contribution in [1.29, 1.82) is 0 Å². The lowest BCUT2D eigenvalue weighted by Crippen LogP contribution is -1.90. The Hall–Kier alpha value is -6.78. The molecule has 0 fully saturated rings. The normalized spacial score (nSPS) is 12.0. The van der Waals surface area contributed by atoms with E-state index in [4.69, 9.17) is 9.97 Å². The summed E-state index contributed by atoms with van der Waals surface area (Å²) in [5, 5.41) is 0. The minimum atomic E-state index is 0.820. The fourth-order valence-corrected chi connectivity index (χ4v) is 7.56. The van der Waals surface area contributed by atoms with Gasteiger partial charge in [-0.05, 0) is 104 Å². The Kier molecular flexibility index (Phi) is 8.36. The van der Waals surface area contributed by atoms with Crippen LogP contribution in [0.3, 0.4) is 0 Å². The number of benzene rings is 4. The number of rotatable bonds is 6. The third kappa shape index (κ3) is 6.12. The summed E-state index contributed by atoms with van der Waals surface area (Å²) < 4.78 is 0. The molecule has 0 atom stereocenters. The predicted molar refractivity (Wildman–Crippen MR) is 229 cm³/mol. The van der Waals surface area contributed by atoms with Crippen molar-refractivity contribution in [2.75, 3.05) is 0 Å². The third-order valence-electron chi connectivity index (χ3n) is 10.4. The van der Waals surface area contributed by atoms with Gasteiger partial charge < -0.3 is 9.97 Å². The molecule has 260 valence electrons. The fourth-order valence-electron chi connectivity index (χ4n) is 7.56. The van der Waals surface area contributed by atoms with E-state index in [0.29, 0.717) is 0 Å². The van der Waals surface area contributed by atoms with Gasteiger partial charge in [0, 0.05) is 44.3 Å². The number of hydrogen-bond donors (Lipinski definition) is 2. The van der Waals surface area contributed by atoms with Gasteiger partial charge in [-0.1, -0.05) is 120 Å². The monoisotopic (exact) mass is 696 g/mol. The van der Waals surface area contributed by atoms with E-state index >= 15 is 0 Å². The second-order valence-electron chi connectivity index (χ2n) is 14.3. The maximum atomic E-state index is 5.43. The number of aromatic nitrogens is 4. The van der Waals surface area contributed by atoms with Gasteiger partial charge in [0.15, 0.2) is 0 Å². The average Bonchev–Trinajstić information content (AvgIpc) is 4.02. The Morgan fingerprint density at radius 3 is 0.963 bits per heavy atom. The van der Waals surface area contributed by atoms with Crippen molar-refractivity contribution in [2.24, 2.45) is 0 Å². The smallest absolute Gasteiger partial charge is 0.0737 e. The van der Waals surface area contributed by atoms with Gasteiger partial charge in [0.25, 0.3) is 0 Å². The molecule has 0 spiro atoms. The Labute approximate surface area is 316 Å². The van der Waals surface area contributed by atoms with Gasteiger partial charge in [0.05, 0.1) is 22.8 Å². The molecule has 0 amide bonds. The van der Waals surface area contributed by atoms with Gasteiger partial charge in [0.2, 0.25) is 0 Å². The molecule has 0 radical (unpaired) electrons. The van der Waals surface area contributed by atoms with Crippen molar-refractivity contribution in [3.63, 3.8) is 0 Å². The van der Waals surface area contributed by atoms with Crippen LogP contribution in [0.25, 0.3) is 90.9 Å². The molecule has 0 aliphatic carbocycles. The van der Waals surface area contributed by atoms with Crippen molar-refractivity contribution in [3.05, 3.63) is 179 Å². The van der Waals surface area contributed by atoms with Crippen LogP contribution in [0.5, 0.6) is 0 Å². The zero-order valence-electron chi connectivity index (χ0n) is 30.7. The van der Waals surface area contributed by atoms with Crippen molar-refractivity contribution in [2.45, 2.75) is 27.2 Å². The van der Waals surface area contributed by atoms with Crippen LogP contribution in [0.15, 0.2) is 134 Å². The highest BCUT2D eigenvalue weighted by molar-refractivity contribution is 5.99. The number of fused-ring (bicyclic) bond motifs is 8. The molecular weight excluding hydrogens is 657 g/mol. The summed E-state index contributed by atoms with van der Waals surface area (Å²) in [6.45, 7) is 10.3. The lowest BCUT2D eigenvalue weighted by molar-refractivity contribution is 1.27. The van der Waals surface area contributed by atoms with Gasteiger partial charge in [-0.25, -0.2) is 9.97 Å². The highest BCUT2D eigenvalue weighted by Gasteiger charge is 2.19. The molecule has 2 aliphatic heterocycles. The zero-order valence-corrected chi connectivity index (χ0v) is 30.7. The minimum Gasteiger partial charge on any atom is -0.354 e. The van der Waals surface area contributed by atoms with Gasteiger partial charge in [-0.2, -0.15) is 0 Å². The van der Waals surface area contributed by atoms with Crippen molar-refractivity contribution >= 4 is 46.4 Å². The minimum absolute atomic E-state index is 0.820. The van der Waals surface area contributed by atoms with Gasteiger partial charge in [-0.3, -0.25) is 0 Å². The molecule has 2 N–H and O–H groups in total. The molecule has 54 heavy (non-hydrogen) atoms. The molecule has 5 heterocycles. The number of nitrogens with one attached hydrogen (secondary N) is 2. The average molecular weight is 697 g/mol. The first-order valence-electron chi connectivity index (χ1n) is 18.5. The summed E-state index contributed by atoms with van der Waals surface area (Å²) in [5.41, 5.74) is 21.0. The van der Waals surface area contributed by atoms with E-state index in [-0.39, 0.29) is 0 Å². The lowest BCUT2D eigenvalue weighted by Gasteiger charge is -2.08. The van der Waals surface area contributed by atoms with Gasteiger partial charge in [0.1, 0.15) is 0 Å². The molecule has 3 aromatic heterocycles. The molecule has 4 heteroatoms. The van der Waals surface area contributed by atoms with Crippen molar-refractivity contribution in [1.82, 2.24) is 19.9 Å². The highest BCUT2D eigenvalue weighted by atomic mass is 14.8. The van der Waals surface area contributed by atoms with Crippen LogP contribution in [0.4, 0.5) is 0 Å². The van der Waals surface area contributed by atoms with Crippen LogP contribution in [-0.2, 0) is 6.42 Å². The van der Waals surface area contributed by atoms with E-state index in [1.54, 1.807) is 0 Å². The van der Waals surface area contributed by atoms with E-state index < -0.39 is 0 Å². The summed E-state index contributed by atoms with van der Waals surface area (Å²) in [6.07, 6.45) is 11.4. The first-order valence-corrected chi connectivity index (χ1v) is 18.5. The predicted octanol–water partition coefficient (Wildman–Crippen LogP) is 13.0. The van der Waals surface area contributed by atoms with Gasteiger partial charge >= 0.3 is 0 Å². The Morgan fingerprint density at radius 1 is 0.407 bits per heavy atom. The molecule has 0 saturated carbocycles. The molecule has 7 aromatic rings. The summed E-state index contributed by atoms with van der Waals surface area (Å²) in [6, 6.07) is 43.6. The largest absolute Gasteiger partial charge is 0.354 e. The van der Waals surface area contributed by atoms with Crippen molar-refractivity contribution in [3.8, 4) is 44.5 Å². The molecule has 4 nitrogen and oxygen atoms in total. The SMILES string of the molecule is C=CCc1ccc(-c2c3nc(c(-c4ccc(C)cc4)c4ccc([nH]4)c(-c4ccc(C)cc4)c4nc(c(-c5ccc(C)cc5)c5ccc2[nH]5)C=C4)C=C3)cc1. The number of nitrogens with zero attached hydrogens (tertiary/aromatic N) is 2. The lowest BCUT2D eigenvalue weighted by atomic mass is 10.0. The molecule has 2 aliphatic rings. The second-order valence-corrected chi connectivity index (χ2v) is 14.3. The molecule has 0 saturated heterocycles. The van der Waals surface area contributed by atoms with Crippen LogP contribution in [-0.4, -0.2) is 19.9 Å². The number of allylic oxidation sites excluding steroid dienone is 1. The molecule has 0 unspecified atom stereocenters. The summed E-state index contributed by atoms with van der Waals surface area (Å²) in [7, 11) is 0. The number of H-pyrrole nitrogens is 2. The summed E-state index contributed by atoms with van der Waals surface area (Å²) in [4.78, 5) is 18.6. The molecule has 4 aromatic carbocycles. The Morgan fingerprint density at radius 2 is 0.685 bits per heavy atom. The quantitative estimate of drug-likeness (QED) is 0.170. The summed E-state index contributed by atoms with van der Waals surface area (Å²) >= 11 is 0. The van der Waals surface area contributed by atoms with Crippen LogP contribution >= 0.6 is 0 Å². The van der Waals surface area contributed by atoms with E-state index in [0.717, 1.165) is 95.8 Å². The molecular formula is C50H40N4. The highest BCUT2D eigenvalue weighted by Crippen LogP contribution is 2.38. The molecule has 8 bridgehead atoms. The first-order chi connectivity index (χ1) is 26.4. The van der Waals surface area contributed by atoms with Crippen molar-refractivity contribution < 1.29 is 0 Å². The topological polar surface area (TPSA) is 57.4 Å². The fraction of sp³-hybridized carbons (Fsp3) is 0.0800. The maximum absolute atomic E-state index is 5.43. The maximum Gasteiger partial charge on any atom is 0.0737 e. The number of aromatic amines is 2.